The Morgan fingerprint density at radius 3 is 2.27 bits per heavy atom. The highest BCUT2D eigenvalue weighted by Gasteiger charge is 2.23. The fraction of sp³-hybridized carbons (Fsp3) is 0.889. The van der Waals surface area contributed by atoms with E-state index in [0.29, 0.717) is 19.0 Å². The van der Waals surface area contributed by atoms with Gasteiger partial charge in [-0.1, -0.05) is 19.1 Å². The molecule has 1 atom stereocenters. The molecule has 88 valence electrons. The smallest absolute Gasteiger partial charge is 0.211 e. The fourth-order valence-electron chi connectivity index (χ4n) is 1.69. The van der Waals surface area contributed by atoms with Gasteiger partial charge in [0.25, 0.3) is 0 Å². The molecule has 0 aromatic carbocycles. The summed E-state index contributed by atoms with van der Waals surface area (Å²) in [5.74, 6) is 0.393. The van der Waals surface area contributed by atoms with Gasteiger partial charge in [-0.15, -0.1) is 0 Å². The van der Waals surface area contributed by atoms with Crippen LogP contribution in [0.5, 0.6) is 0 Å². The first-order chi connectivity index (χ1) is 6.93. The van der Waals surface area contributed by atoms with E-state index in [-0.39, 0.29) is 0 Å². The molecule has 1 heterocycles. The zero-order valence-corrected chi connectivity index (χ0v) is 10.9. The predicted octanol–water partition coefficient (Wildman–Crippen LogP) is 0.199. The van der Waals surface area contributed by atoms with E-state index in [1.54, 1.807) is 5.37 Å². The molecule has 0 saturated carbocycles. The second kappa shape index (κ2) is 5.34. The molecule has 1 aliphatic rings. The second-order valence-corrected chi connectivity index (χ2v) is 6.33. The molecule has 1 saturated heterocycles. The number of hydrogen-bond acceptors (Lipinski definition) is 4. The number of piperazine rings is 1. The van der Waals surface area contributed by atoms with Crippen molar-refractivity contribution in [3.05, 3.63) is 0 Å². The van der Waals surface area contributed by atoms with Crippen molar-refractivity contribution >= 4 is 27.6 Å². The molecule has 0 aromatic rings. The maximum Gasteiger partial charge on any atom is 0.211 e. The minimum Gasteiger partial charge on any atom is -0.300 e. The summed E-state index contributed by atoms with van der Waals surface area (Å²) >= 11 is 4.87. The third-order valence-corrected chi connectivity index (χ3v) is 4.35. The quantitative estimate of drug-likeness (QED) is 0.668. The average Bonchev–Trinajstić information content (AvgIpc) is 2.17. The summed E-state index contributed by atoms with van der Waals surface area (Å²) in [5, 5.41) is 1.77. The lowest BCUT2D eigenvalue weighted by Crippen LogP contribution is -2.49. The van der Waals surface area contributed by atoms with Crippen molar-refractivity contribution in [3.8, 4) is 0 Å². The van der Waals surface area contributed by atoms with Crippen LogP contribution in [0.4, 0.5) is 0 Å². The van der Waals surface area contributed by atoms with Crippen LogP contribution in [0, 0.1) is 5.92 Å². The Balaban J connectivity index is 2.39. The van der Waals surface area contributed by atoms with Crippen LogP contribution in [0.1, 0.15) is 6.92 Å². The SMILES string of the molecule is CC(C=S)CN1CCN(S(C)(=O)=O)CC1. The maximum absolute atomic E-state index is 11.3. The molecule has 15 heavy (non-hydrogen) atoms. The molecular formula is C9H18N2O2S2. The van der Waals surface area contributed by atoms with E-state index < -0.39 is 10.0 Å². The maximum atomic E-state index is 11.3. The lowest BCUT2D eigenvalue weighted by Gasteiger charge is -2.33. The van der Waals surface area contributed by atoms with Crippen LogP contribution in [0.3, 0.4) is 0 Å². The number of rotatable bonds is 4. The highest BCUT2D eigenvalue weighted by Crippen LogP contribution is 2.07. The monoisotopic (exact) mass is 250 g/mol. The molecule has 1 unspecified atom stereocenters. The number of nitrogens with zero attached hydrogens (tertiary/aromatic N) is 2. The Labute approximate surface area is 97.3 Å². The van der Waals surface area contributed by atoms with Gasteiger partial charge < -0.3 is 4.90 Å². The molecule has 6 heteroatoms. The lowest BCUT2D eigenvalue weighted by molar-refractivity contribution is 0.181. The summed E-state index contributed by atoms with van der Waals surface area (Å²) in [6.45, 7) is 5.82. The molecule has 0 aliphatic carbocycles. The van der Waals surface area contributed by atoms with Gasteiger partial charge in [-0.25, -0.2) is 8.42 Å². The van der Waals surface area contributed by atoms with Crippen molar-refractivity contribution in [2.24, 2.45) is 5.92 Å². The Morgan fingerprint density at radius 1 is 1.33 bits per heavy atom. The Hall–Kier alpha value is -0.0400. The summed E-state index contributed by atoms with van der Waals surface area (Å²) in [6.07, 6.45) is 1.27. The standard InChI is InChI=1S/C9H18N2O2S2/c1-9(8-14)7-10-3-5-11(6-4-10)15(2,12)13/h8-9H,3-7H2,1-2H3. The van der Waals surface area contributed by atoms with Crippen molar-refractivity contribution in [1.82, 2.24) is 9.21 Å². The van der Waals surface area contributed by atoms with Crippen LogP contribution in [-0.4, -0.2) is 62.0 Å². The Bertz CT molecular complexity index is 308. The van der Waals surface area contributed by atoms with Crippen molar-refractivity contribution in [2.75, 3.05) is 39.0 Å². The van der Waals surface area contributed by atoms with Gasteiger partial charge in [0, 0.05) is 32.7 Å². The van der Waals surface area contributed by atoms with Crippen LogP contribution in [0.15, 0.2) is 0 Å². The molecule has 1 aliphatic heterocycles. The average molecular weight is 250 g/mol. The van der Waals surface area contributed by atoms with Crippen LogP contribution in [0.2, 0.25) is 0 Å². The first-order valence-corrected chi connectivity index (χ1v) is 7.38. The highest BCUT2D eigenvalue weighted by molar-refractivity contribution is 7.88. The Kier molecular flexibility index (Phi) is 4.64. The first kappa shape index (κ1) is 13.0. The fourth-order valence-corrected chi connectivity index (χ4v) is 2.61. The summed E-state index contributed by atoms with van der Waals surface area (Å²) in [4.78, 5) is 2.26. The lowest BCUT2D eigenvalue weighted by atomic mass is 10.2. The van der Waals surface area contributed by atoms with E-state index in [2.05, 4.69) is 11.8 Å². The molecule has 0 radical (unpaired) electrons. The van der Waals surface area contributed by atoms with E-state index in [0.717, 1.165) is 19.6 Å². The van der Waals surface area contributed by atoms with Gasteiger partial charge >= 0.3 is 0 Å². The molecule has 1 fully saturated rings. The normalized spacial score (nSPS) is 22.5. The topological polar surface area (TPSA) is 40.6 Å². The molecule has 0 spiro atoms. The third kappa shape index (κ3) is 4.14. The summed E-state index contributed by atoms with van der Waals surface area (Å²) in [6, 6.07) is 0. The molecule has 0 bridgehead atoms. The van der Waals surface area contributed by atoms with Gasteiger partial charge in [0.15, 0.2) is 0 Å². The van der Waals surface area contributed by atoms with Gasteiger partial charge in [0.05, 0.1) is 6.26 Å². The van der Waals surface area contributed by atoms with Crippen molar-refractivity contribution in [3.63, 3.8) is 0 Å². The van der Waals surface area contributed by atoms with E-state index in [1.807, 2.05) is 0 Å². The zero-order chi connectivity index (χ0) is 11.5. The molecule has 0 amide bonds. The molecule has 0 aromatic heterocycles. The van der Waals surface area contributed by atoms with E-state index in [1.165, 1.54) is 10.6 Å². The van der Waals surface area contributed by atoms with Crippen LogP contribution >= 0.6 is 12.2 Å². The van der Waals surface area contributed by atoms with E-state index >= 15 is 0 Å². The van der Waals surface area contributed by atoms with Crippen LogP contribution in [0.25, 0.3) is 0 Å². The van der Waals surface area contributed by atoms with Crippen molar-refractivity contribution < 1.29 is 8.42 Å². The van der Waals surface area contributed by atoms with Crippen molar-refractivity contribution in [1.29, 1.82) is 0 Å². The summed E-state index contributed by atoms with van der Waals surface area (Å²) < 4.78 is 24.0. The largest absolute Gasteiger partial charge is 0.300 e. The van der Waals surface area contributed by atoms with Gasteiger partial charge in [-0.3, -0.25) is 0 Å². The van der Waals surface area contributed by atoms with Gasteiger partial charge in [-0.05, 0) is 11.3 Å². The van der Waals surface area contributed by atoms with Gasteiger partial charge in [0.1, 0.15) is 0 Å². The Morgan fingerprint density at radius 2 is 1.87 bits per heavy atom. The number of thiocarbonyl (C=S) groups is 1. The minimum atomic E-state index is -3.01. The zero-order valence-electron chi connectivity index (χ0n) is 9.22. The van der Waals surface area contributed by atoms with E-state index in [4.69, 9.17) is 12.2 Å². The molecule has 4 nitrogen and oxygen atoms in total. The third-order valence-electron chi connectivity index (χ3n) is 2.58. The van der Waals surface area contributed by atoms with Crippen LogP contribution < -0.4 is 0 Å². The van der Waals surface area contributed by atoms with Crippen LogP contribution in [-0.2, 0) is 10.0 Å². The number of sulfonamides is 1. The van der Waals surface area contributed by atoms with Gasteiger partial charge in [0.2, 0.25) is 10.0 Å². The van der Waals surface area contributed by atoms with Gasteiger partial charge in [-0.2, -0.15) is 4.31 Å². The molecule has 1 rings (SSSR count). The molecular weight excluding hydrogens is 232 g/mol. The molecule has 0 N–H and O–H groups in total. The highest BCUT2D eigenvalue weighted by atomic mass is 32.2. The van der Waals surface area contributed by atoms with E-state index in [9.17, 15) is 8.42 Å². The predicted molar refractivity (Wildman–Crippen MR) is 65.7 cm³/mol. The summed E-state index contributed by atoms with van der Waals surface area (Å²) in [5.41, 5.74) is 0. The second-order valence-electron chi connectivity index (χ2n) is 4.08. The summed E-state index contributed by atoms with van der Waals surface area (Å²) in [7, 11) is -3.01. The first-order valence-electron chi connectivity index (χ1n) is 5.06. The number of hydrogen-bond donors (Lipinski definition) is 0. The minimum absolute atomic E-state index is 0.393. The van der Waals surface area contributed by atoms with Crippen molar-refractivity contribution in [2.45, 2.75) is 6.92 Å².